The fraction of sp³-hybridized carbons (Fsp3) is 0.562. The zero-order chi connectivity index (χ0) is 15.1. The molecule has 1 fully saturated rings. The number of nitrogens with zero attached hydrogens (tertiary/aromatic N) is 1. The Kier molecular flexibility index (Phi) is 11.2. The van der Waals surface area contributed by atoms with Gasteiger partial charge in [0, 0.05) is 32.8 Å². The highest BCUT2D eigenvalue weighted by molar-refractivity contribution is 5.85. The summed E-state index contributed by atoms with van der Waals surface area (Å²) in [6.45, 7) is 3.09. The lowest BCUT2D eigenvalue weighted by molar-refractivity contribution is -0.131. The largest absolute Gasteiger partial charge is 0.370 e. The van der Waals surface area contributed by atoms with Gasteiger partial charge in [0.1, 0.15) is 6.10 Å². The van der Waals surface area contributed by atoms with Crippen LogP contribution in [0.3, 0.4) is 0 Å². The third-order valence-corrected chi connectivity index (χ3v) is 3.89. The van der Waals surface area contributed by atoms with E-state index in [0.29, 0.717) is 0 Å². The molecule has 0 saturated carbocycles. The number of likely N-dealkylation sites (tertiary alicyclic amines) is 1. The quantitative estimate of drug-likeness (QED) is 0.805. The Morgan fingerprint density at radius 1 is 1.39 bits per heavy atom. The summed E-state index contributed by atoms with van der Waals surface area (Å²) in [7, 11) is 1.51. The van der Waals surface area contributed by atoms with Gasteiger partial charge in [0.15, 0.2) is 0 Å². The highest BCUT2D eigenvalue weighted by atomic mass is 35.5. The molecule has 2 atom stereocenters. The first-order chi connectivity index (χ1) is 10.2. The van der Waals surface area contributed by atoms with E-state index in [9.17, 15) is 4.79 Å². The van der Waals surface area contributed by atoms with Crippen molar-refractivity contribution in [2.45, 2.75) is 31.5 Å². The highest BCUT2D eigenvalue weighted by Crippen LogP contribution is 2.14. The van der Waals surface area contributed by atoms with Crippen molar-refractivity contribution in [3.63, 3.8) is 0 Å². The van der Waals surface area contributed by atoms with Gasteiger partial charge in [0.05, 0.1) is 0 Å². The van der Waals surface area contributed by atoms with Crippen molar-refractivity contribution >= 4 is 30.7 Å². The van der Waals surface area contributed by atoms with E-state index in [1.54, 1.807) is 0 Å². The third kappa shape index (κ3) is 7.06. The van der Waals surface area contributed by atoms with Crippen molar-refractivity contribution in [2.75, 3.05) is 26.7 Å². The van der Waals surface area contributed by atoms with E-state index in [1.165, 1.54) is 12.7 Å². The zero-order valence-corrected chi connectivity index (χ0v) is 15.1. The van der Waals surface area contributed by atoms with E-state index < -0.39 is 6.10 Å². The number of amides is 1. The van der Waals surface area contributed by atoms with Crippen LogP contribution in [0, 0.1) is 0 Å². The number of nitrogens with one attached hydrogen (secondary N) is 1. The lowest BCUT2D eigenvalue weighted by Crippen LogP contribution is -2.51. The maximum atomic E-state index is 12.0. The van der Waals surface area contributed by atoms with Gasteiger partial charge in [-0.05, 0) is 24.9 Å². The number of rotatable bonds is 6. The average molecular weight is 364 g/mol. The molecule has 1 amide bonds. The first-order valence-electron chi connectivity index (χ1n) is 7.52. The summed E-state index contributed by atoms with van der Waals surface area (Å²) in [6, 6.07) is 10.6. The molecule has 23 heavy (non-hydrogen) atoms. The summed E-state index contributed by atoms with van der Waals surface area (Å²) in [5.41, 5.74) is 6.83. The second-order valence-electron chi connectivity index (χ2n) is 5.53. The maximum Gasteiger partial charge on any atom is 0.250 e. The van der Waals surface area contributed by atoms with Crippen LogP contribution in [0.5, 0.6) is 0 Å². The number of piperidine rings is 1. The number of carbonyl (C=O) groups is 1. The summed E-state index contributed by atoms with van der Waals surface area (Å²) in [5, 5.41) is 3.05. The van der Waals surface area contributed by atoms with Gasteiger partial charge < -0.3 is 15.8 Å². The third-order valence-electron chi connectivity index (χ3n) is 3.89. The van der Waals surface area contributed by atoms with E-state index in [-0.39, 0.29) is 43.3 Å². The minimum Gasteiger partial charge on any atom is -0.370 e. The molecular formula is C16H27Cl2N3O2. The molecule has 1 aliphatic rings. The predicted molar refractivity (Wildman–Crippen MR) is 97.2 cm³/mol. The number of benzene rings is 1. The predicted octanol–water partition coefficient (Wildman–Crippen LogP) is 1.58. The Morgan fingerprint density at radius 2 is 2.09 bits per heavy atom. The first-order valence-corrected chi connectivity index (χ1v) is 7.52. The Hall–Kier alpha value is -0.850. The zero-order valence-electron chi connectivity index (χ0n) is 13.4. The number of halogens is 2. The molecule has 1 heterocycles. The van der Waals surface area contributed by atoms with Crippen molar-refractivity contribution in [3.8, 4) is 0 Å². The second kappa shape index (κ2) is 11.6. The van der Waals surface area contributed by atoms with Crippen LogP contribution in [0.1, 0.15) is 18.4 Å². The van der Waals surface area contributed by atoms with Gasteiger partial charge in [-0.15, -0.1) is 24.8 Å². The summed E-state index contributed by atoms with van der Waals surface area (Å²) in [5.74, 6) is -0.105. The smallest absolute Gasteiger partial charge is 0.250 e. The highest BCUT2D eigenvalue weighted by Gasteiger charge is 2.24. The van der Waals surface area contributed by atoms with Gasteiger partial charge >= 0.3 is 0 Å². The Labute approximate surface area is 150 Å². The monoisotopic (exact) mass is 363 g/mol. The molecule has 0 radical (unpaired) electrons. The van der Waals surface area contributed by atoms with Gasteiger partial charge in [-0.25, -0.2) is 0 Å². The molecule has 1 aromatic rings. The Bertz CT molecular complexity index is 444. The second-order valence-corrected chi connectivity index (χ2v) is 5.53. The van der Waals surface area contributed by atoms with Crippen molar-refractivity contribution in [1.29, 1.82) is 0 Å². The minimum atomic E-state index is -0.547. The summed E-state index contributed by atoms with van der Waals surface area (Å²) in [4.78, 5) is 14.4. The number of carbonyl (C=O) groups excluding carboxylic acids is 1. The number of nitrogens with two attached hydrogens (primary N) is 1. The van der Waals surface area contributed by atoms with Crippen LogP contribution in [0.2, 0.25) is 0 Å². The van der Waals surface area contributed by atoms with E-state index in [2.05, 4.69) is 34.5 Å². The van der Waals surface area contributed by atoms with Gasteiger partial charge in [-0.2, -0.15) is 0 Å². The molecule has 3 N–H and O–H groups in total. The van der Waals surface area contributed by atoms with Crippen molar-refractivity contribution in [2.24, 2.45) is 5.73 Å². The van der Waals surface area contributed by atoms with Gasteiger partial charge in [0.2, 0.25) is 0 Å². The molecule has 1 saturated heterocycles. The normalized spacial score (nSPS) is 19.1. The molecule has 0 spiro atoms. The summed E-state index contributed by atoms with van der Waals surface area (Å²) < 4.78 is 5.07. The van der Waals surface area contributed by atoms with Gasteiger partial charge in [0.25, 0.3) is 5.91 Å². The van der Waals surface area contributed by atoms with Crippen LogP contribution in [0.25, 0.3) is 0 Å². The number of hydrogen-bond acceptors (Lipinski definition) is 4. The van der Waals surface area contributed by atoms with Gasteiger partial charge in [-0.3, -0.25) is 9.69 Å². The lowest BCUT2D eigenvalue weighted by atomic mass is 10.0. The first kappa shape index (κ1) is 22.1. The van der Waals surface area contributed by atoms with Crippen LogP contribution in [0.15, 0.2) is 30.3 Å². The molecule has 1 aliphatic heterocycles. The van der Waals surface area contributed by atoms with E-state index in [4.69, 9.17) is 10.5 Å². The molecule has 1 aromatic carbocycles. The topological polar surface area (TPSA) is 67.6 Å². The lowest BCUT2D eigenvalue weighted by Gasteiger charge is -2.33. The van der Waals surface area contributed by atoms with Crippen LogP contribution >= 0.6 is 24.8 Å². The maximum absolute atomic E-state index is 12.0. The summed E-state index contributed by atoms with van der Waals surface area (Å²) in [6.07, 6.45) is 1.56. The number of methoxy groups -OCH3 is 1. The molecular weight excluding hydrogens is 337 g/mol. The fourth-order valence-corrected chi connectivity index (χ4v) is 2.76. The molecule has 2 rings (SSSR count). The van der Waals surface area contributed by atoms with Crippen molar-refractivity contribution in [1.82, 2.24) is 10.2 Å². The molecule has 0 bridgehead atoms. The SMILES string of the molecule is COC(CN)C(=O)NC1CCCN(Cc2ccccc2)C1.Cl.Cl. The molecule has 132 valence electrons. The van der Waals surface area contributed by atoms with E-state index >= 15 is 0 Å². The van der Waals surface area contributed by atoms with Crippen LogP contribution in [-0.4, -0.2) is 49.7 Å². The summed E-state index contributed by atoms with van der Waals surface area (Å²) >= 11 is 0. The Morgan fingerprint density at radius 3 is 2.70 bits per heavy atom. The van der Waals surface area contributed by atoms with E-state index in [0.717, 1.165) is 32.5 Å². The standard InChI is InChI=1S/C16H25N3O2.2ClH/c1-21-15(10-17)16(20)18-14-8-5-9-19(12-14)11-13-6-3-2-4-7-13;;/h2-4,6-7,14-15H,5,8-12,17H2,1H3,(H,18,20);2*1H. The fourth-order valence-electron chi connectivity index (χ4n) is 2.76. The average Bonchev–Trinajstić information content (AvgIpc) is 2.50. The molecule has 5 nitrogen and oxygen atoms in total. The Balaban J connectivity index is 0.00000242. The number of ether oxygens (including phenoxy) is 1. The van der Waals surface area contributed by atoms with E-state index in [1.807, 2.05) is 6.07 Å². The molecule has 2 unspecified atom stereocenters. The van der Waals surface area contributed by atoms with Crippen molar-refractivity contribution in [3.05, 3.63) is 35.9 Å². The van der Waals surface area contributed by atoms with Crippen LogP contribution in [0.4, 0.5) is 0 Å². The van der Waals surface area contributed by atoms with Crippen molar-refractivity contribution < 1.29 is 9.53 Å². The molecule has 0 aliphatic carbocycles. The van der Waals surface area contributed by atoms with Gasteiger partial charge in [-0.1, -0.05) is 30.3 Å². The molecule has 7 heteroatoms. The minimum absolute atomic E-state index is 0. The number of hydrogen-bond donors (Lipinski definition) is 2. The van der Waals surface area contributed by atoms with Crippen LogP contribution < -0.4 is 11.1 Å². The van der Waals surface area contributed by atoms with Crippen LogP contribution in [-0.2, 0) is 16.1 Å². The molecule has 0 aromatic heterocycles.